The summed E-state index contributed by atoms with van der Waals surface area (Å²) in [7, 11) is 1.78. The molecule has 2 nitrogen and oxygen atoms in total. The topological polar surface area (TPSA) is 21.3 Å². The maximum absolute atomic E-state index is 5.51. The molecule has 21 heavy (non-hydrogen) atoms. The zero-order valence-corrected chi connectivity index (χ0v) is 13.7. The minimum absolute atomic E-state index is 0.735. The number of unbranched alkanes of at least 4 members (excludes halogenated alkanes) is 3. The largest absolute Gasteiger partial charge is 0.496 e. The molecule has 0 aliphatic heterocycles. The standard InChI is InChI=1S/C19H31NO/c1-3-4-5-6-9-16(15-20-18-12-13-18)14-17-10-7-8-11-19(17)21-2/h7-8,10-11,16,18,20H,3-6,9,12-15H2,1-2H3. The molecule has 118 valence electrons. The molecule has 0 spiro atoms. The lowest BCUT2D eigenvalue weighted by atomic mass is 9.93. The van der Waals surface area contributed by atoms with Crippen molar-refractivity contribution in [3.8, 4) is 5.75 Å². The average Bonchev–Trinajstić information content (AvgIpc) is 3.33. The Kier molecular flexibility index (Phi) is 7.08. The Labute approximate surface area is 130 Å². The Hall–Kier alpha value is -1.02. The van der Waals surface area contributed by atoms with Crippen LogP contribution in [0.3, 0.4) is 0 Å². The van der Waals surface area contributed by atoms with E-state index < -0.39 is 0 Å². The van der Waals surface area contributed by atoms with Crippen molar-refractivity contribution in [1.82, 2.24) is 5.32 Å². The molecule has 1 aromatic carbocycles. The van der Waals surface area contributed by atoms with Crippen molar-refractivity contribution in [3.63, 3.8) is 0 Å². The van der Waals surface area contributed by atoms with E-state index in [1.54, 1.807) is 7.11 Å². The lowest BCUT2D eigenvalue weighted by Crippen LogP contribution is -2.26. The number of hydrogen-bond acceptors (Lipinski definition) is 2. The highest BCUT2D eigenvalue weighted by atomic mass is 16.5. The zero-order chi connectivity index (χ0) is 14.9. The van der Waals surface area contributed by atoms with Gasteiger partial charge in [-0.1, -0.05) is 50.8 Å². The first kappa shape index (κ1) is 16.4. The Morgan fingerprint density at radius 2 is 2.00 bits per heavy atom. The van der Waals surface area contributed by atoms with Gasteiger partial charge in [-0.15, -0.1) is 0 Å². The molecule has 0 heterocycles. The third-order valence-electron chi connectivity index (χ3n) is 4.44. The van der Waals surface area contributed by atoms with Crippen LogP contribution in [0.4, 0.5) is 0 Å². The van der Waals surface area contributed by atoms with Gasteiger partial charge in [-0.3, -0.25) is 0 Å². The fourth-order valence-electron chi connectivity index (χ4n) is 2.94. The molecular formula is C19H31NO. The van der Waals surface area contributed by atoms with Gasteiger partial charge in [-0.25, -0.2) is 0 Å². The Balaban J connectivity index is 1.86. The molecule has 1 aliphatic carbocycles. The molecule has 0 saturated heterocycles. The van der Waals surface area contributed by atoms with Crippen molar-refractivity contribution >= 4 is 0 Å². The van der Waals surface area contributed by atoms with Crippen LogP contribution in [-0.4, -0.2) is 19.7 Å². The van der Waals surface area contributed by atoms with E-state index in [-0.39, 0.29) is 0 Å². The summed E-state index contributed by atoms with van der Waals surface area (Å²) in [6.45, 7) is 3.44. The molecule has 1 N–H and O–H groups in total. The first-order chi connectivity index (χ1) is 10.3. The van der Waals surface area contributed by atoms with Crippen LogP contribution < -0.4 is 10.1 Å². The van der Waals surface area contributed by atoms with E-state index in [1.165, 1.54) is 50.5 Å². The maximum atomic E-state index is 5.51. The van der Waals surface area contributed by atoms with Gasteiger partial charge in [-0.05, 0) is 49.8 Å². The summed E-state index contributed by atoms with van der Waals surface area (Å²) in [4.78, 5) is 0. The quantitative estimate of drug-likeness (QED) is 0.602. The van der Waals surface area contributed by atoms with E-state index in [9.17, 15) is 0 Å². The SMILES string of the molecule is CCCCCCC(CNC1CC1)Cc1ccccc1OC. The first-order valence-corrected chi connectivity index (χ1v) is 8.68. The molecule has 2 heteroatoms. The van der Waals surface area contributed by atoms with Gasteiger partial charge >= 0.3 is 0 Å². The van der Waals surface area contributed by atoms with Crippen molar-refractivity contribution in [2.45, 2.75) is 64.3 Å². The van der Waals surface area contributed by atoms with Gasteiger partial charge in [0.2, 0.25) is 0 Å². The number of ether oxygens (including phenoxy) is 1. The molecule has 1 saturated carbocycles. The van der Waals surface area contributed by atoms with E-state index in [0.29, 0.717) is 0 Å². The summed E-state index contributed by atoms with van der Waals surface area (Å²) in [5.74, 6) is 1.78. The fraction of sp³-hybridized carbons (Fsp3) is 0.684. The number of nitrogens with one attached hydrogen (secondary N) is 1. The van der Waals surface area contributed by atoms with Gasteiger partial charge < -0.3 is 10.1 Å². The lowest BCUT2D eigenvalue weighted by molar-refractivity contribution is 0.389. The van der Waals surface area contributed by atoms with Crippen molar-refractivity contribution in [3.05, 3.63) is 29.8 Å². The van der Waals surface area contributed by atoms with Crippen molar-refractivity contribution < 1.29 is 4.74 Å². The van der Waals surface area contributed by atoms with Crippen LogP contribution in [0.25, 0.3) is 0 Å². The van der Waals surface area contributed by atoms with Gasteiger partial charge in [0.25, 0.3) is 0 Å². The molecule has 0 aromatic heterocycles. The second-order valence-corrected chi connectivity index (χ2v) is 6.41. The van der Waals surface area contributed by atoms with Crippen LogP contribution >= 0.6 is 0 Å². The molecule has 1 aromatic rings. The maximum Gasteiger partial charge on any atom is 0.122 e. The van der Waals surface area contributed by atoms with E-state index in [1.807, 2.05) is 0 Å². The normalized spacial score (nSPS) is 15.9. The van der Waals surface area contributed by atoms with Crippen LogP contribution in [0.5, 0.6) is 5.75 Å². The summed E-state index contributed by atoms with van der Waals surface area (Å²) in [6.07, 6.45) is 10.6. The average molecular weight is 289 g/mol. The number of rotatable bonds is 11. The lowest BCUT2D eigenvalue weighted by Gasteiger charge is -2.19. The Morgan fingerprint density at radius 1 is 1.19 bits per heavy atom. The minimum Gasteiger partial charge on any atom is -0.496 e. The smallest absolute Gasteiger partial charge is 0.122 e. The van der Waals surface area contributed by atoms with E-state index in [2.05, 4.69) is 36.5 Å². The van der Waals surface area contributed by atoms with Crippen LogP contribution in [0.2, 0.25) is 0 Å². The summed E-state index contributed by atoms with van der Waals surface area (Å²) in [5.41, 5.74) is 1.36. The summed E-state index contributed by atoms with van der Waals surface area (Å²) < 4.78 is 5.51. The monoisotopic (exact) mass is 289 g/mol. The van der Waals surface area contributed by atoms with Gasteiger partial charge in [0.1, 0.15) is 5.75 Å². The van der Waals surface area contributed by atoms with Crippen LogP contribution in [-0.2, 0) is 6.42 Å². The highest BCUT2D eigenvalue weighted by Crippen LogP contribution is 2.25. The summed E-state index contributed by atoms with van der Waals surface area (Å²) in [6, 6.07) is 9.29. The van der Waals surface area contributed by atoms with Gasteiger partial charge in [-0.2, -0.15) is 0 Å². The van der Waals surface area contributed by atoms with Crippen LogP contribution in [0.15, 0.2) is 24.3 Å². The zero-order valence-electron chi connectivity index (χ0n) is 13.7. The molecule has 1 atom stereocenters. The second-order valence-electron chi connectivity index (χ2n) is 6.41. The molecule has 2 rings (SSSR count). The Bertz CT molecular complexity index is 400. The van der Waals surface area contributed by atoms with Crippen LogP contribution in [0.1, 0.15) is 57.4 Å². The molecule has 0 radical (unpaired) electrons. The molecule has 1 unspecified atom stereocenters. The van der Waals surface area contributed by atoms with Gasteiger partial charge in [0.05, 0.1) is 7.11 Å². The van der Waals surface area contributed by atoms with Crippen LogP contribution in [0, 0.1) is 5.92 Å². The molecule has 0 amide bonds. The van der Waals surface area contributed by atoms with Crippen molar-refractivity contribution in [1.29, 1.82) is 0 Å². The first-order valence-electron chi connectivity index (χ1n) is 8.68. The fourth-order valence-corrected chi connectivity index (χ4v) is 2.94. The van der Waals surface area contributed by atoms with Gasteiger partial charge in [0, 0.05) is 6.04 Å². The summed E-state index contributed by atoms with van der Waals surface area (Å²) in [5, 5.41) is 3.71. The highest BCUT2D eigenvalue weighted by Gasteiger charge is 2.22. The predicted octanol–water partition coefficient (Wildman–Crippen LogP) is 4.58. The van der Waals surface area contributed by atoms with E-state index in [0.717, 1.165) is 30.7 Å². The predicted molar refractivity (Wildman–Crippen MR) is 90.0 cm³/mol. The third-order valence-corrected chi connectivity index (χ3v) is 4.44. The molecule has 1 aliphatic rings. The van der Waals surface area contributed by atoms with Gasteiger partial charge in [0.15, 0.2) is 0 Å². The van der Waals surface area contributed by atoms with Crippen molar-refractivity contribution in [2.24, 2.45) is 5.92 Å². The molecule has 0 bridgehead atoms. The van der Waals surface area contributed by atoms with Crippen molar-refractivity contribution in [2.75, 3.05) is 13.7 Å². The number of benzene rings is 1. The molecular weight excluding hydrogens is 258 g/mol. The third kappa shape index (κ3) is 6.09. The number of methoxy groups -OCH3 is 1. The minimum atomic E-state index is 0.735. The highest BCUT2D eigenvalue weighted by molar-refractivity contribution is 5.33. The summed E-state index contributed by atoms with van der Waals surface area (Å²) >= 11 is 0. The molecule has 1 fully saturated rings. The second kappa shape index (κ2) is 9.09. The number of hydrogen-bond donors (Lipinski definition) is 1. The van der Waals surface area contributed by atoms with E-state index >= 15 is 0 Å². The Morgan fingerprint density at radius 3 is 2.71 bits per heavy atom. The van der Waals surface area contributed by atoms with E-state index in [4.69, 9.17) is 4.74 Å². The number of para-hydroxylation sites is 1.